The van der Waals surface area contributed by atoms with E-state index in [1.165, 1.54) is 4.57 Å². The van der Waals surface area contributed by atoms with Crippen molar-refractivity contribution in [1.82, 2.24) is 9.55 Å². The highest BCUT2D eigenvalue weighted by atomic mass is 16.4. The molecule has 0 amide bonds. The van der Waals surface area contributed by atoms with Crippen LogP contribution in [0.5, 0.6) is 0 Å². The Morgan fingerprint density at radius 1 is 1.47 bits per heavy atom. The van der Waals surface area contributed by atoms with Crippen molar-refractivity contribution in [3.8, 4) is 0 Å². The zero-order chi connectivity index (χ0) is 13.8. The number of hydrogen-bond donors (Lipinski definition) is 1. The van der Waals surface area contributed by atoms with Crippen molar-refractivity contribution in [2.45, 2.75) is 25.7 Å². The van der Waals surface area contributed by atoms with Crippen molar-refractivity contribution >= 4 is 11.8 Å². The smallest absolute Gasteiger partial charge is 0.303 e. The minimum absolute atomic E-state index is 0.0773. The molecule has 1 N–H and O–H groups in total. The maximum absolute atomic E-state index is 11.9. The van der Waals surface area contributed by atoms with E-state index in [-0.39, 0.29) is 12.0 Å². The normalized spacial score (nSPS) is 16.6. The van der Waals surface area contributed by atoms with Gasteiger partial charge in [0, 0.05) is 39.0 Å². The Labute approximate surface area is 111 Å². The summed E-state index contributed by atoms with van der Waals surface area (Å²) in [6.07, 6.45) is 6.08. The number of carboxylic acid groups (broad SMARTS) is 1. The van der Waals surface area contributed by atoms with Crippen LogP contribution in [0.4, 0.5) is 5.82 Å². The minimum Gasteiger partial charge on any atom is -0.481 e. The van der Waals surface area contributed by atoms with E-state index in [1.807, 2.05) is 4.90 Å². The summed E-state index contributed by atoms with van der Waals surface area (Å²) in [6, 6.07) is 0. The van der Waals surface area contributed by atoms with E-state index < -0.39 is 5.97 Å². The highest BCUT2D eigenvalue weighted by Crippen LogP contribution is 2.23. The third kappa shape index (κ3) is 3.33. The average Bonchev–Trinajstić information content (AvgIpc) is 2.40. The maximum atomic E-state index is 11.9. The van der Waals surface area contributed by atoms with Gasteiger partial charge in [-0.2, -0.15) is 0 Å². The second-order valence-corrected chi connectivity index (χ2v) is 5.03. The number of nitrogens with zero attached hydrogens (tertiary/aromatic N) is 3. The van der Waals surface area contributed by atoms with Crippen LogP contribution in [-0.2, 0) is 11.8 Å². The lowest BCUT2D eigenvalue weighted by Crippen LogP contribution is -2.38. The van der Waals surface area contributed by atoms with Crippen LogP contribution in [0.15, 0.2) is 17.2 Å². The first-order valence-electron chi connectivity index (χ1n) is 6.56. The van der Waals surface area contributed by atoms with Gasteiger partial charge in [-0.3, -0.25) is 9.59 Å². The van der Waals surface area contributed by atoms with Gasteiger partial charge in [-0.05, 0) is 25.2 Å². The van der Waals surface area contributed by atoms with E-state index in [9.17, 15) is 9.59 Å². The second kappa shape index (κ2) is 5.86. The van der Waals surface area contributed by atoms with Gasteiger partial charge in [0.1, 0.15) is 0 Å². The number of piperidine rings is 1. The van der Waals surface area contributed by atoms with Crippen molar-refractivity contribution in [2.75, 3.05) is 18.0 Å². The number of aromatic nitrogens is 2. The minimum atomic E-state index is -0.735. The summed E-state index contributed by atoms with van der Waals surface area (Å²) < 4.78 is 1.53. The molecular formula is C13H19N3O3. The molecule has 1 aromatic rings. The van der Waals surface area contributed by atoms with Gasteiger partial charge in [0.2, 0.25) is 0 Å². The van der Waals surface area contributed by atoms with Crippen LogP contribution in [0.2, 0.25) is 0 Å². The Kier molecular flexibility index (Phi) is 4.19. The highest BCUT2D eigenvalue weighted by Gasteiger charge is 2.22. The van der Waals surface area contributed by atoms with Gasteiger partial charge in [0.15, 0.2) is 5.82 Å². The molecule has 19 heavy (non-hydrogen) atoms. The number of aryl methyl sites for hydroxylation is 1. The SMILES string of the molecule is Cn1ccnc(N2CCC(CCC(=O)O)CC2)c1=O. The lowest BCUT2D eigenvalue weighted by Gasteiger charge is -2.32. The Hall–Kier alpha value is -1.85. The van der Waals surface area contributed by atoms with Gasteiger partial charge in [-0.15, -0.1) is 0 Å². The van der Waals surface area contributed by atoms with E-state index in [1.54, 1.807) is 19.4 Å². The van der Waals surface area contributed by atoms with E-state index in [0.717, 1.165) is 32.4 Å². The molecule has 6 nitrogen and oxygen atoms in total. The molecule has 0 atom stereocenters. The molecule has 0 radical (unpaired) electrons. The van der Waals surface area contributed by atoms with E-state index in [2.05, 4.69) is 4.98 Å². The van der Waals surface area contributed by atoms with Crippen molar-refractivity contribution in [1.29, 1.82) is 0 Å². The summed E-state index contributed by atoms with van der Waals surface area (Å²) in [4.78, 5) is 28.7. The predicted molar refractivity (Wildman–Crippen MR) is 71.3 cm³/mol. The second-order valence-electron chi connectivity index (χ2n) is 5.03. The van der Waals surface area contributed by atoms with Crippen LogP contribution in [-0.4, -0.2) is 33.7 Å². The topological polar surface area (TPSA) is 75.4 Å². The summed E-state index contributed by atoms with van der Waals surface area (Å²) in [5.74, 6) is 0.211. The first-order valence-corrected chi connectivity index (χ1v) is 6.56. The van der Waals surface area contributed by atoms with Gasteiger partial charge >= 0.3 is 5.97 Å². The molecule has 2 rings (SSSR count). The molecule has 6 heteroatoms. The van der Waals surface area contributed by atoms with Crippen LogP contribution in [0.1, 0.15) is 25.7 Å². The van der Waals surface area contributed by atoms with Gasteiger partial charge in [-0.25, -0.2) is 4.98 Å². The van der Waals surface area contributed by atoms with Crippen LogP contribution >= 0.6 is 0 Å². The molecule has 0 saturated carbocycles. The maximum Gasteiger partial charge on any atom is 0.303 e. The molecule has 0 aliphatic carbocycles. The average molecular weight is 265 g/mol. The Morgan fingerprint density at radius 3 is 2.79 bits per heavy atom. The number of rotatable bonds is 4. The number of carbonyl (C=O) groups is 1. The Balaban J connectivity index is 1.94. The van der Waals surface area contributed by atoms with Crippen LogP contribution in [0, 0.1) is 5.92 Å². The largest absolute Gasteiger partial charge is 0.481 e. The van der Waals surface area contributed by atoms with Crippen molar-refractivity contribution < 1.29 is 9.90 Å². The van der Waals surface area contributed by atoms with Crippen molar-refractivity contribution in [3.05, 3.63) is 22.7 Å². The molecule has 0 spiro atoms. The van der Waals surface area contributed by atoms with Crippen LogP contribution in [0.25, 0.3) is 0 Å². The highest BCUT2D eigenvalue weighted by molar-refractivity contribution is 5.66. The summed E-state index contributed by atoms with van der Waals surface area (Å²) in [6.45, 7) is 1.55. The number of carboxylic acids is 1. The summed E-state index contributed by atoms with van der Waals surface area (Å²) in [7, 11) is 1.72. The zero-order valence-electron chi connectivity index (χ0n) is 11.1. The molecule has 1 aromatic heterocycles. The third-order valence-electron chi connectivity index (χ3n) is 3.68. The fourth-order valence-corrected chi connectivity index (χ4v) is 2.46. The third-order valence-corrected chi connectivity index (χ3v) is 3.68. The number of hydrogen-bond acceptors (Lipinski definition) is 4. The molecule has 1 saturated heterocycles. The fraction of sp³-hybridized carbons (Fsp3) is 0.615. The zero-order valence-corrected chi connectivity index (χ0v) is 11.1. The van der Waals surface area contributed by atoms with Gasteiger partial charge in [0.25, 0.3) is 5.56 Å². The van der Waals surface area contributed by atoms with Crippen molar-refractivity contribution in [2.24, 2.45) is 13.0 Å². The Bertz CT molecular complexity index is 504. The molecule has 0 unspecified atom stereocenters. The molecule has 2 heterocycles. The van der Waals surface area contributed by atoms with Crippen LogP contribution in [0.3, 0.4) is 0 Å². The van der Waals surface area contributed by atoms with Gasteiger partial charge in [0.05, 0.1) is 0 Å². The molecule has 1 aliphatic rings. The van der Waals surface area contributed by atoms with Crippen LogP contribution < -0.4 is 10.5 Å². The summed E-state index contributed by atoms with van der Waals surface area (Å²) in [5.41, 5.74) is -0.0773. The molecule has 1 fully saturated rings. The van der Waals surface area contributed by atoms with Gasteiger partial charge in [-0.1, -0.05) is 0 Å². The standard InChI is InChI=1S/C13H19N3O3/c1-15-9-6-14-12(13(15)19)16-7-4-10(5-8-16)2-3-11(17)18/h6,9-10H,2-5,7-8H2,1H3,(H,17,18). The quantitative estimate of drug-likeness (QED) is 0.874. The van der Waals surface area contributed by atoms with Gasteiger partial charge < -0.3 is 14.6 Å². The predicted octanol–water partition coefficient (Wildman–Crippen LogP) is 0.861. The molecule has 0 bridgehead atoms. The first-order chi connectivity index (χ1) is 9.08. The first kappa shape index (κ1) is 13.6. The van der Waals surface area contributed by atoms with E-state index >= 15 is 0 Å². The lowest BCUT2D eigenvalue weighted by molar-refractivity contribution is -0.137. The molecular weight excluding hydrogens is 246 g/mol. The summed E-state index contributed by atoms with van der Waals surface area (Å²) >= 11 is 0. The van der Waals surface area contributed by atoms with E-state index in [0.29, 0.717) is 11.7 Å². The van der Waals surface area contributed by atoms with Crippen molar-refractivity contribution in [3.63, 3.8) is 0 Å². The summed E-state index contributed by atoms with van der Waals surface area (Å²) in [5, 5.41) is 8.68. The molecule has 104 valence electrons. The van der Waals surface area contributed by atoms with E-state index in [4.69, 9.17) is 5.11 Å². The fourth-order valence-electron chi connectivity index (χ4n) is 2.46. The lowest BCUT2D eigenvalue weighted by atomic mass is 9.92. The number of anilines is 1. The molecule has 0 aromatic carbocycles. The number of aliphatic carboxylic acids is 1. The monoisotopic (exact) mass is 265 g/mol. The molecule has 1 aliphatic heterocycles. The Morgan fingerprint density at radius 2 is 2.16 bits per heavy atom.